The summed E-state index contributed by atoms with van der Waals surface area (Å²) in [5.74, 6) is 0.655. The van der Waals surface area contributed by atoms with Crippen LogP contribution in [0.3, 0.4) is 0 Å². The average molecular weight is 279 g/mol. The van der Waals surface area contributed by atoms with Crippen molar-refractivity contribution in [2.75, 3.05) is 5.32 Å². The van der Waals surface area contributed by atoms with Crippen molar-refractivity contribution in [3.05, 3.63) is 78.5 Å². The van der Waals surface area contributed by atoms with Crippen LogP contribution in [0.2, 0.25) is 0 Å². The molecule has 2 N–H and O–H groups in total. The molecule has 4 nitrogen and oxygen atoms in total. The molecule has 3 aromatic rings. The lowest BCUT2D eigenvalue weighted by Crippen LogP contribution is -2.21. The smallest absolute Gasteiger partial charge is 0.150 e. The third kappa shape index (κ3) is 3.49. The van der Waals surface area contributed by atoms with Gasteiger partial charge in [0.15, 0.2) is 0 Å². The maximum absolute atomic E-state index is 10.1. The van der Waals surface area contributed by atoms with Gasteiger partial charge in [-0.25, -0.2) is 4.68 Å². The van der Waals surface area contributed by atoms with Gasteiger partial charge in [0.2, 0.25) is 0 Å². The maximum atomic E-state index is 10.1. The molecule has 1 atom stereocenters. The highest BCUT2D eigenvalue weighted by Gasteiger charge is 2.07. The van der Waals surface area contributed by atoms with Crippen molar-refractivity contribution < 1.29 is 5.11 Å². The molecule has 2 aromatic carbocycles. The van der Waals surface area contributed by atoms with Crippen molar-refractivity contribution >= 4 is 5.82 Å². The molecule has 4 heteroatoms. The van der Waals surface area contributed by atoms with E-state index in [9.17, 15) is 5.11 Å². The standard InChI is InChI=1S/C17H17N3O/c21-17(13-14-7-3-1-4-8-14)18-16-11-12-20(19-16)15-9-5-2-6-10-15/h1-12,17,21H,13H2,(H,18,19). The lowest BCUT2D eigenvalue weighted by molar-refractivity contribution is 0.203. The van der Waals surface area contributed by atoms with Gasteiger partial charge in [0, 0.05) is 18.7 Å². The zero-order valence-electron chi connectivity index (χ0n) is 11.6. The van der Waals surface area contributed by atoms with E-state index >= 15 is 0 Å². The summed E-state index contributed by atoms with van der Waals surface area (Å²) >= 11 is 0. The van der Waals surface area contributed by atoms with E-state index in [0.717, 1.165) is 11.3 Å². The lowest BCUT2D eigenvalue weighted by Gasteiger charge is -2.12. The number of rotatable bonds is 5. The van der Waals surface area contributed by atoms with Gasteiger partial charge in [-0.3, -0.25) is 0 Å². The SMILES string of the molecule is OC(Cc1ccccc1)Nc1ccn(-c2ccccc2)n1. The molecule has 0 aliphatic carbocycles. The zero-order valence-corrected chi connectivity index (χ0v) is 11.6. The molecule has 0 spiro atoms. The molecule has 1 unspecified atom stereocenters. The van der Waals surface area contributed by atoms with Gasteiger partial charge in [0.25, 0.3) is 0 Å². The van der Waals surface area contributed by atoms with Crippen molar-refractivity contribution in [1.82, 2.24) is 9.78 Å². The van der Waals surface area contributed by atoms with Crippen LogP contribution in [-0.4, -0.2) is 21.1 Å². The average Bonchev–Trinajstić information content (AvgIpc) is 2.97. The summed E-state index contributed by atoms with van der Waals surface area (Å²) in [6.07, 6.45) is 1.75. The number of aliphatic hydroxyl groups excluding tert-OH is 1. The Morgan fingerprint density at radius 2 is 1.62 bits per heavy atom. The van der Waals surface area contributed by atoms with Gasteiger partial charge in [-0.05, 0) is 17.7 Å². The van der Waals surface area contributed by atoms with E-state index in [0.29, 0.717) is 12.2 Å². The van der Waals surface area contributed by atoms with Crippen LogP contribution in [0.5, 0.6) is 0 Å². The van der Waals surface area contributed by atoms with Gasteiger partial charge < -0.3 is 10.4 Å². The largest absolute Gasteiger partial charge is 0.373 e. The first-order valence-electron chi connectivity index (χ1n) is 6.91. The van der Waals surface area contributed by atoms with E-state index in [-0.39, 0.29) is 0 Å². The fraction of sp³-hybridized carbons (Fsp3) is 0.118. The molecule has 3 rings (SSSR count). The summed E-state index contributed by atoms with van der Waals surface area (Å²) in [6.45, 7) is 0. The number of aromatic nitrogens is 2. The van der Waals surface area contributed by atoms with Crippen LogP contribution in [0, 0.1) is 0 Å². The van der Waals surface area contributed by atoms with Crippen LogP contribution in [0.4, 0.5) is 5.82 Å². The first-order valence-corrected chi connectivity index (χ1v) is 6.91. The number of para-hydroxylation sites is 1. The monoisotopic (exact) mass is 279 g/mol. The lowest BCUT2D eigenvalue weighted by atomic mass is 10.1. The Labute approximate surface area is 123 Å². The van der Waals surface area contributed by atoms with Crippen LogP contribution in [0.15, 0.2) is 72.9 Å². The normalized spacial score (nSPS) is 12.0. The van der Waals surface area contributed by atoms with E-state index in [1.807, 2.05) is 72.9 Å². The Morgan fingerprint density at radius 3 is 2.33 bits per heavy atom. The molecule has 0 fully saturated rings. The summed E-state index contributed by atoms with van der Waals surface area (Å²) in [6, 6.07) is 21.6. The van der Waals surface area contributed by atoms with E-state index < -0.39 is 6.23 Å². The summed E-state index contributed by atoms with van der Waals surface area (Å²) < 4.78 is 1.78. The second-order valence-electron chi connectivity index (χ2n) is 4.83. The first kappa shape index (κ1) is 13.4. The molecule has 0 saturated heterocycles. The number of nitrogens with one attached hydrogen (secondary N) is 1. The van der Waals surface area contributed by atoms with E-state index in [2.05, 4.69) is 10.4 Å². The van der Waals surface area contributed by atoms with E-state index in [1.54, 1.807) is 4.68 Å². The minimum absolute atomic E-state index is 0.541. The summed E-state index contributed by atoms with van der Waals surface area (Å²) in [7, 11) is 0. The molecule has 21 heavy (non-hydrogen) atoms. The third-order valence-corrected chi connectivity index (χ3v) is 3.20. The zero-order chi connectivity index (χ0) is 14.5. The first-order chi connectivity index (χ1) is 10.3. The van der Waals surface area contributed by atoms with Gasteiger partial charge in [0.1, 0.15) is 12.0 Å². The molecular weight excluding hydrogens is 262 g/mol. The number of anilines is 1. The van der Waals surface area contributed by atoms with Crippen LogP contribution in [0.1, 0.15) is 5.56 Å². The van der Waals surface area contributed by atoms with Crippen LogP contribution in [0.25, 0.3) is 5.69 Å². The fourth-order valence-electron chi connectivity index (χ4n) is 2.18. The Kier molecular flexibility index (Phi) is 3.98. The minimum Gasteiger partial charge on any atom is -0.373 e. The van der Waals surface area contributed by atoms with E-state index in [1.165, 1.54) is 0 Å². The molecule has 0 aliphatic heterocycles. The van der Waals surface area contributed by atoms with Crippen molar-refractivity contribution in [3.8, 4) is 5.69 Å². The summed E-state index contributed by atoms with van der Waals surface area (Å²) in [5, 5.41) is 17.5. The minimum atomic E-state index is -0.661. The molecule has 1 aromatic heterocycles. The van der Waals surface area contributed by atoms with Crippen LogP contribution >= 0.6 is 0 Å². The van der Waals surface area contributed by atoms with Crippen LogP contribution < -0.4 is 5.32 Å². The Bertz CT molecular complexity index is 680. The second kappa shape index (κ2) is 6.24. The number of aliphatic hydroxyl groups is 1. The van der Waals surface area contributed by atoms with E-state index in [4.69, 9.17) is 0 Å². The molecule has 1 heterocycles. The molecule has 0 radical (unpaired) electrons. The highest BCUT2D eigenvalue weighted by atomic mass is 16.3. The van der Waals surface area contributed by atoms with Gasteiger partial charge in [-0.2, -0.15) is 5.10 Å². The number of hydrogen-bond donors (Lipinski definition) is 2. The van der Waals surface area contributed by atoms with Gasteiger partial charge >= 0.3 is 0 Å². The maximum Gasteiger partial charge on any atom is 0.150 e. The topological polar surface area (TPSA) is 50.1 Å². The molecule has 106 valence electrons. The number of hydrogen-bond acceptors (Lipinski definition) is 3. The highest BCUT2D eigenvalue weighted by Crippen LogP contribution is 2.11. The molecule has 0 saturated carbocycles. The summed E-state index contributed by atoms with van der Waals surface area (Å²) in [5.41, 5.74) is 2.07. The second-order valence-corrected chi connectivity index (χ2v) is 4.83. The third-order valence-electron chi connectivity index (χ3n) is 3.20. The van der Waals surface area contributed by atoms with Gasteiger partial charge in [-0.1, -0.05) is 48.5 Å². The fourth-order valence-corrected chi connectivity index (χ4v) is 2.18. The summed E-state index contributed by atoms with van der Waals surface area (Å²) in [4.78, 5) is 0. The van der Waals surface area contributed by atoms with Gasteiger partial charge in [-0.15, -0.1) is 0 Å². The quantitative estimate of drug-likeness (QED) is 0.706. The van der Waals surface area contributed by atoms with Crippen molar-refractivity contribution in [2.24, 2.45) is 0 Å². The Morgan fingerprint density at radius 1 is 0.952 bits per heavy atom. The highest BCUT2D eigenvalue weighted by molar-refractivity contribution is 5.38. The van der Waals surface area contributed by atoms with Gasteiger partial charge in [0.05, 0.1) is 5.69 Å². The van der Waals surface area contributed by atoms with Crippen LogP contribution in [-0.2, 0) is 6.42 Å². The predicted octanol–water partition coefficient (Wildman–Crippen LogP) is 2.85. The predicted molar refractivity (Wildman–Crippen MR) is 83.3 cm³/mol. The molecule has 0 aliphatic rings. The molecule has 0 bridgehead atoms. The van der Waals surface area contributed by atoms with Crippen molar-refractivity contribution in [2.45, 2.75) is 12.6 Å². The molecular formula is C17H17N3O. The van der Waals surface area contributed by atoms with Crippen molar-refractivity contribution in [1.29, 1.82) is 0 Å². The number of benzene rings is 2. The molecule has 0 amide bonds. The Hall–Kier alpha value is -2.59. The number of nitrogens with zero attached hydrogens (tertiary/aromatic N) is 2. The Balaban J connectivity index is 1.65. The van der Waals surface area contributed by atoms with Crippen molar-refractivity contribution in [3.63, 3.8) is 0 Å².